The fraction of sp³-hybridized carbons (Fsp3) is 0.261. The van der Waals surface area contributed by atoms with Crippen LogP contribution in [0.15, 0.2) is 63.1 Å². The van der Waals surface area contributed by atoms with Crippen LogP contribution >= 0.6 is 11.8 Å². The fourth-order valence-corrected chi connectivity index (χ4v) is 4.90. The second-order valence-corrected chi connectivity index (χ2v) is 8.67. The first kappa shape index (κ1) is 19.7. The molecule has 0 unspecified atom stereocenters. The van der Waals surface area contributed by atoms with Crippen LogP contribution in [0.5, 0.6) is 0 Å². The van der Waals surface area contributed by atoms with Gasteiger partial charge in [0.15, 0.2) is 5.16 Å². The van der Waals surface area contributed by atoms with Crippen molar-refractivity contribution in [2.75, 3.05) is 5.75 Å². The molecule has 1 aliphatic carbocycles. The van der Waals surface area contributed by atoms with Gasteiger partial charge in [-0.25, -0.2) is 4.98 Å². The standard InChI is InChI=1S/C23H22N4O3S/c1-14-11-19-21(24-14)22(29)27(12-16-6-4-10-30-16)23(26-19)31-13-20(28)25-18-9-8-15-5-2-3-7-17(15)18/h2-7,10-11,18,24H,8-9,12-13H2,1H3,(H,25,28)/t18-/m0/s1. The highest BCUT2D eigenvalue weighted by Gasteiger charge is 2.24. The molecule has 8 heteroatoms. The SMILES string of the molecule is Cc1cc2nc(SCC(=O)N[C@H]3CCc4ccccc43)n(Cc3ccco3)c(=O)c2[nH]1. The molecule has 2 N–H and O–H groups in total. The van der Waals surface area contributed by atoms with E-state index in [1.807, 2.05) is 31.2 Å². The second kappa shape index (κ2) is 8.11. The fourth-order valence-electron chi connectivity index (χ4n) is 4.09. The number of H-pyrrole nitrogens is 1. The van der Waals surface area contributed by atoms with Crippen molar-refractivity contribution in [1.29, 1.82) is 0 Å². The molecule has 4 aromatic rings. The van der Waals surface area contributed by atoms with Crippen LogP contribution in [-0.4, -0.2) is 26.2 Å². The number of aryl methyl sites for hydroxylation is 2. The van der Waals surface area contributed by atoms with Crippen LogP contribution in [0.4, 0.5) is 0 Å². The largest absolute Gasteiger partial charge is 0.467 e. The van der Waals surface area contributed by atoms with Gasteiger partial charge < -0.3 is 14.7 Å². The number of fused-ring (bicyclic) bond motifs is 2. The molecular formula is C23H22N4O3S. The zero-order valence-electron chi connectivity index (χ0n) is 17.1. The molecule has 0 saturated carbocycles. The van der Waals surface area contributed by atoms with E-state index in [0.717, 1.165) is 18.5 Å². The van der Waals surface area contributed by atoms with Crippen LogP contribution in [-0.2, 0) is 17.8 Å². The Kier molecular flexibility index (Phi) is 5.15. The predicted molar refractivity (Wildman–Crippen MR) is 119 cm³/mol. The number of thioether (sulfide) groups is 1. The van der Waals surface area contributed by atoms with Gasteiger partial charge in [-0.05, 0) is 49.1 Å². The summed E-state index contributed by atoms with van der Waals surface area (Å²) in [7, 11) is 0. The smallest absolute Gasteiger partial charge is 0.278 e. The highest BCUT2D eigenvalue weighted by molar-refractivity contribution is 7.99. The maximum absolute atomic E-state index is 13.1. The van der Waals surface area contributed by atoms with Crippen LogP contribution < -0.4 is 10.9 Å². The third-order valence-electron chi connectivity index (χ3n) is 5.53. The predicted octanol–water partition coefficient (Wildman–Crippen LogP) is 3.57. The first-order chi connectivity index (χ1) is 15.1. The molecule has 0 bridgehead atoms. The molecule has 5 rings (SSSR count). The van der Waals surface area contributed by atoms with Crippen LogP contribution in [0, 0.1) is 6.92 Å². The minimum absolute atomic E-state index is 0.0392. The first-order valence-electron chi connectivity index (χ1n) is 10.2. The number of hydrogen-bond donors (Lipinski definition) is 2. The molecule has 1 aliphatic rings. The summed E-state index contributed by atoms with van der Waals surface area (Å²) in [6.07, 6.45) is 3.46. The van der Waals surface area contributed by atoms with Crippen LogP contribution in [0.25, 0.3) is 11.0 Å². The summed E-state index contributed by atoms with van der Waals surface area (Å²) >= 11 is 1.26. The monoisotopic (exact) mass is 434 g/mol. The summed E-state index contributed by atoms with van der Waals surface area (Å²) in [4.78, 5) is 33.5. The van der Waals surface area contributed by atoms with Crippen molar-refractivity contribution in [2.24, 2.45) is 0 Å². The van der Waals surface area contributed by atoms with E-state index in [9.17, 15) is 9.59 Å². The number of hydrogen-bond acceptors (Lipinski definition) is 5. The minimum Gasteiger partial charge on any atom is -0.467 e. The first-order valence-corrected chi connectivity index (χ1v) is 11.2. The molecule has 1 atom stereocenters. The normalized spacial score (nSPS) is 15.3. The highest BCUT2D eigenvalue weighted by Crippen LogP contribution is 2.31. The van der Waals surface area contributed by atoms with Gasteiger partial charge in [-0.2, -0.15) is 0 Å². The number of nitrogens with zero attached hydrogens (tertiary/aromatic N) is 2. The summed E-state index contributed by atoms with van der Waals surface area (Å²) in [6, 6.07) is 13.7. The third kappa shape index (κ3) is 3.90. The van der Waals surface area contributed by atoms with E-state index < -0.39 is 0 Å². The van der Waals surface area contributed by atoms with E-state index in [-0.39, 0.29) is 29.8 Å². The molecule has 0 saturated heterocycles. The van der Waals surface area contributed by atoms with Gasteiger partial charge in [-0.1, -0.05) is 36.0 Å². The maximum Gasteiger partial charge on any atom is 0.278 e. The Morgan fingerprint density at radius 1 is 1.32 bits per heavy atom. The minimum atomic E-state index is -0.179. The Balaban J connectivity index is 1.37. The summed E-state index contributed by atoms with van der Waals surface area (Å²) < 4.78 is 6.98. The number of carbonyl (C=O) groups is 1. The van der Waals surface area contributed by atoms with Crippen molar-refractivity contribution >= 4 is 28.7 Å². The van der Waals surface area contributed by atoms with Gasteiger partial charge >= 0.3 is 0 Å². The van der Waals surface area contributed by atoms with Gasteiger partial charge in [0.1, 0.15) is 11.3 Å². The molecule has 1 aromatic carbocycles. The van der Waals surface area contributed by atoms with Crippen LogP contribution in [0.1, 0.15) is 35.0 Å². The average Bonchev–Trinajstić information content (AvgIpc) is 3.49. The third-order valence-corrected chi connectivity index (χ3v) is 6.51. The number of aromatic amines is 1. The number of amides is 1. The number of furan rings is 1. The zero-order valence-corrected chi connectivity index (χ0v) is 17.9. The van der Waals surface area contributed by atoms with Gasteiger partial charge in [0, 0.05) is 5.69 Å². The number of benzene rings is 1. The molecular weight excluding hydrogens is 412 g/mol. The van der Waals surface area contributed by atoms with Gasteiger partial charge in [-0.15, -0.1) is 0 Å². The van der Waals surface area contributed by atoms with Crippen molar-refractivity contribution in [3.8, 4) is 0 Å². The molecule has 31 heavy (non-hydrogen) atoms. The van der Waals surface area contributed by atoms with E-state index in [2.05, 4.69) is 27.4 Å². The molecule has 3 heterocycles. The number of carbonyl (C=O) groups excluding carboxylic acids is 1. The summed E-state index contributed by atoms with van der Waals surface area (Å²) in [5, 5.41) is 3.62. The van der Waals surface area contributed by atoms with Crippen LogP contribution in [0.2, 0.25) is 0 Å². The van der Waals surface area contributed by atoms with E-state index in [1.54, 1.807) is 16.9 Å². The van der Waals surface area contributed by atoms with Crippen molar-refractivity contribution in [3.05, 3.63) is 81.7 Å². The lowest BCUT2D eigenvalue weighted by Gasteiger charge is -2.15. The Morgan fingerprint density at radius 2 is 2.19 bits per heavy atom. The summed E-state index contributed by atoms with van der Waals surface area (Å²) in [6.45, 7) is 2.14. The lowest BCUT2D eigenvalue weighted by molar-refractivity contribution is -0.119. The Morgan fingerprint density at radius 3 is 3.03 bits per heavy atom. The Hall–Kier alpha value is -3.26. The molecule has 0 spiro atoms. The Bertz CT molecular complexity index is 1310. The van der Waals surface area contributed by atoms with Gasteiger partial charge in [0.2, 0.25) is 5.91 Å². The van der Waals surface area contributed by atoms with Crippen molar-refractivity contribution in [3.63, 3.8) is 0 Å². The molecule has 0 radical (unpaired) electrons. The molecule has 158 valence electrons. The van der Waals surface area contributed by atoms with E-state index >= 15 is 0 Å². The van der Waals surface area contributed by atoms with E-state index in [1.165, 1.54) is 22.9 Å². The van der Waals surface area contributed by atoms with Crippen LogP contribution in [0.3, 0.4) is 0 Å². The highest BCUT2D eigenvalue weighted by atomic mass is 32.2. The molecule has 3 aromatic heterocycles. The topological polar surface area (TPSA) is 92.9 Å². The van der Waals surface area contributed by atoms with Gasteiger partial charge in [-0.3, -0.25) is 14.2 Å². The van der Waals surface area contributed by atoms with Crippen molar-refractivity contribution in [2.45, 2.75) is 37.5 Å². The second-order valence-electron chi connectivity index (χ2n) is 7.72. The molecule has 0 fully saturated rings. The lowest BCUT2D eigenvalue weighted by Crippen LogP contribution is -2.29. The quantitative estimate of drug-likeness (QED) is 0.357. The van der Waals surface area contributed by atoms with E-state index in [0.29, 0.717) is 22.0 Å². The molecule has 7 nitrogen and oxygen atoms in total. The summed E-state index contributed by atoms with van der Waals surface area (Å²) in [5.41, 5.74) is 4.23. The number of nitrogens with one attached hydrogen (secondary N) is 2. The number of aromatic nitrogens is 3. The molecule has 1 amide bonds. The van der Waals surface area contributed by atoms with Crippen molar-refractivity contribution in [1.82, 2.24) is 19.9 Å². The van der Waals surface area contributed by atoms with Gasteiger partial charge in [0.05, 0.1) is 30.1 Å². The van der Waals surface area contributed by atoms with Crippen molar-refractivity contribution < 1.29 is 9.21 Å². The summed E-state index contributed by atoms with van der Waals surface area (Å²) in [5.74, 6) is 0.759. The average molecular weight is 435 g/mol. The van der Waals surface area contributed by atoms with Gasteiger partial charge in [0.25, 0.3) is 5.56 Å². The number of rotatable bonds is 6. The maximum atomic E-state index is 13.1. The Labute approximate surface area is 182 Å². The zero-order chi connectivity index (χ0) is 21.4. The molecule has 0 aliphatic heterocycles. The lowest BCUT2D eigenvalue weighted by atomic mass is 10.1. The van der Waals surface area contributed by atoms with E-state index in [4.69, 9.17) is 4.42 Å².